The highest BCUT2D eigenvalue weighted by Crippen LogP contribution is 2.48. The van der Waals surface area contributed by atoms with Gasteiger partial charge in [0.05, 0.1) is 22.6 Å². The van der Waals surface area contributed by atoms with Gasteiger partial charge in [0, 0.05) is 12.2 Å². The van der Waals surface area contributed by atoms with E-state index in [0.717, 1.165) is 42.4 Å². The van der Waals surface area contributed by atoms with E-state index >= 15 is 4.39 Å². The first kappa shape index (κ1) is 33.4. The molecule has 3 fully saturated rings. The zero-order chi connectivity index (χ0) is 36.1. The number of halogens is 2. The minimum Gasteiger partial charge on any atom is -0.481 e. The van der Waals surface area contributed by atoms with Crippen LogP contribution in [-0.2, 0) is 10.3 Å². The van der Waals surface area contributed by atoms with Gasteiger partial charge in [-0.1, -0.05) is 109 Å². The topological polar surface area (TPSA) is 106 Å². The molecule has 3 saturated carbocycles. The molecule has 2 N–H and O–H groups in total. The van der Waals surface area contributed by atoms with Gasteiger partial charge in [0.2, 0.25) is 0 Å². The second kappa shape index (κ2) is 13.5. The number of fused-ring (bicyclic) bond motifs is 4. The summed E-state index contributed by atoms with van der Waals surface area (Å²) in [6, 6.07) is 33.8. The number of nitrogens with zero attached hydrogens (tertiary/aromatic N) is 5. The van der Waals surface area contributed by atoms with Crippen molar-refractivity contribution in [2.24, 2.45) is 17.8 Å². The summed E-state index contributed by atoms with van der Waals surface area (Å²) < 4.78 is 18.8. The van der Waals surface area contributed by atoms with Crippen molar-refractivity contribution >= 4 is 45.9 Å². The van der Waals surface area contributed by atoms with E-state index in [4.69, 9.17) is 31.5 Å². The van der Waals surface area contributed by atoms with Crippen LogP contribution in [0.1, 0.15) is 42.4 Å². The van der Waals surface area contributed by atoms with Crippen molar-refractivity contribution in [3.63, 3.8) is 0 Å². The number of carboxylic acid groups (broad SMARTS) is 1. The van der Waals surface area contributed by atoms with E-state index in [1.54, 1.807) is 0 Å². The molecule has 0 radical (unpaired) electrons. The molecule has 7 aromatic rings. The maximum Gasteiger partial charge on any atom is 0.308 e. The molecular weight excluding hydrogens is 707 g/mol. The van der Waals surface area contributed by atoms with Crippen molar-refractivity contribution in [1.29, 1.82) is 0 Å². The van der Waals surface area contributed by atoms with Crippen LogP contribution in [0.2, 0.25) is 5.15 Å². The van der Waals surface area contributed by atoms with E-state index in [2.05, 4.69) is 46.3 Å². The number of aromatic nitrogens is 5. The van der Waals surface area contributed by atoms with Crippen LogP contribution in [0.3, 0.4) is 0 Å². The van der Waals surface area contributed by atoms with E-state index in [1.165, 1.54) is 17.5 Å². The van der Waals surface area contributed by atoms with Gasteiger partial charge in [0.25, 0.3) is 0 Å². The molecule has 10 rings (SSSR count). The Kier molecular flexibility index (Phi) is 8.51. The van der Waals surface area contributed by atoms with Gasteiger partial charge in [-0.2, -0.15) is 0 Å². The quantitative estimate of drug-likeness (QED) is 0.142. The van der Waals surface area contributed by atoms with Crippen LogP contribution in [0.5, 0.6) is 0 Å². The molecular formula is C42H34ClFN6O2S. The lowest BCUT2D eigenvalue weighted by molar-refractivity contribution is -0.148. The number of hydrogen-bond donors (Lipinski definition) is 2. The lowest BCUT2D eigenvalue weighted by atomic mass is 9.61. The summed E-state index contributed by atoms with van der Waals surface area (Å²) in [4.78, 5) is 32.7. The molecule has 0 aliphatic heterocycles. The van der Waals surface area contributed by atoms with Gasteiger partial charge in [0.15, 0.2) is 23.1 Å². The van der Waals surface area contributed by atoms with Crippen molar-refractivity contribution in [3.8, 4) is 22.0 Å². The molecule has 3 aliphatic carbocycles. The van der Waals surface area contributed by atoms with Crippen LogP contribution in [0.25, 0.3) is 33.1 Å². The number of benzene rings is 3. The molecule has 4 heterocycles. The monoisotopic (exact) mass is 740 g/mol. The van der Waals surface area contributed by atoms with Gasteiger partial charge >= 0.3 is 5.97 Å². The van der Waals surface area contributed by atoms with Crippen LogP contribution in [0.15, 0.2) is 121 Å². The van der Waals surface area contributed by atoms with Crippen molar-refractivity contribution in [2.75, 3.05) is 5.32 Å². The van der Waals surface area contributed by atoms with E-state index in [9.17, 15) is 9.90 Å². The lowest BCUT2D eigenvalue weighted by Crippen LogP contribution is -2.51. The van der Waals surface area contributed by atoms with Crippen LogP contribution in [0.4, 0.5) is 10.2 Å². The zero-order valence-corrected chi connectivity index (χ0v) is 30.0. The summed E-state index contributed by atoms with van der Waals surface area (Å²) in [5, 5.41) is 15.7. The molecule has 2 unspecified atom stereocenters. The predicted octanol–water partition coefficient (Wildman–Crippen LogP) is 9.55. The molecule has 3 aromatic carbocycles. The van der Waals surface area contributed by atoms with E-state index in [1.807, 2.05) is 78.3 Å². The van der Waals surface area contributed by atoms with Crippen LogP contribution >= 0.6 is 22.9 Å². The molecule has 3 aliphatic rings. The third kappa shape index (κ3) is 5.59. The Labute approximate surface area is 314 Å². The number of rotatable bonds is 9. The molecule has 264 valence electrons. The Balaban J connectivity index is 1.31. The van der Waals surface area contributed by atoms with Crippen molar-refractivity contribution in [3.05, 3.63) is 149 Å². The highest BCUT2D eigenvalue weighted by molar-refractivity contribution is 7.13. The highest BCUT2D eigenvalue weighted by atomic mass is 35.5. The second-order valence-electron chi connectivity index (χ2n) is 13.8. The minimum absolute atomic E-state index is 0.0227. The number of anilines is 1. The maximum absolute atomic E-state index is 16.7. The van der Waals surface area contributed by atoms with Crippen molar-refractivity contribution in [2.45, 2.75) is 37.3 Å². The van der Waals surface area contributed by atoms with Crippen LogP contribution in [0, 0.1) is 23.6 Å². The van der Waals surface area contributed by atoms with Crippen LogP contribution < -0.4 is 5.32 Å². The first-order valence-corrected chi connectivity index (χ1v) is 19.0. The number of nitrogens with one attached hydrogen (secondary N) is 1. The third-order valence-corrected chi connectivity index (χ3v) is 12.1. The summed E-state index contributed by atoms with van der Waals surface area (Å²) in [6.07, 6.45) is 6.95. The Morgan fingerprint density at radius 3 is 2.00 bits per heavy atom. The van der Waals surface area contributed by atoms with Gasteiger partial charge in [-0.05, 0) is 65.7 Å². The summed E-state index contributed by atoms with van der Waals surface area (Å²) >= 11 is 8.00. The molecule has 0 saturated heterocycles. The molecule has 8 nitrogen and oxygen atoms in total. The third-order valence-electron chi connectivity index (χ3n) is 11.1. The molecule has 53 heavy (non-hydrogen) atoms. The standard InChI is InChI=1S/C42H34ClFN6O2S/c43-32-23-45-36-30(24-50(40(36)46-32)42(27-11-4-1-5-12-27,28-13-6-2-7-14-28)29-15-8-3-9-16-29)38-48-37(31-17-10-22-53-31)34(44)39(49-38)47-35-26-20-18-25(19-21-26)33(35)41(51)52/h1-17,22-26,33,35H,18-21H2,(H,51,52)(H,47,48,49). The smallest absolute Gasteiger partial charge is 0.308 e. The molecule has 2 bridgehead atoms. The molecule has 0 amide bonds. The molecule has 11 heteroatoms. The molecule has 0 spiro atoms. The van der Waals surface area contributed by atoms with E-state index in [0.29, 0.717) is 21.6 Å². The fourth-order valence-corrected chi connectivity index (χ4v) is 9.59. The molecule has 2 atom stereocenters. The maximum atomic E-state index is 16.7. The number of carbonyl (C=O) groups is 1. The Morgan fingerprint density at radius 1 is 0.830 bits per heavy atom. The Hall–Kier alpha value is -5.45. The predicted molar refractivity (Wildman–Crippen MR) is 205 cm³/mol. The SMILES string of the molecule is O=C(O)C1C2CCC(CC2)C1Nc1nc(-c2cn(C(c3ccccc3)(c3ccccc3)c3ccccc3)c3nc(Cl)cnc23)nc(-c2cccs2)c1F. The summed E-state index contributed by atoms with van der Waals surface area (Å²) in [5.41, 5.74) is 3.56. The Bertz CT molecular complexity index is 2320. The van der Waals surface area contributed by atoms with E-state index < -0.39 is 29.3 Å². The van der Waals surface area contributed by atoms with Crippen LogP contribution in [-0.4, -0.2) is 41.6 Å². The number of thiophene rings is 1. The van der Waals surface area contributed by atoms with Crippen molar-refractivity contribution in [1.82, 2.24) is 24.5 Å². The van der Waals surface area contributed by atoms with E-state index in [-0.39, 0.29) is 34.3 Å². The average Bonchev–Trinajstić information content (AvgIpc) is 3.87. The highest BCUT2D eigenvalue weighted by Gasteiger charge is 2.48. The molecule has 4 aromatic heterocycles. The van der Waals surface area contributed by atoms with Crippen molar-refractivity contribution < 1.29 is 14.3 Å². The zero-order valence-electron chi connectivity index (χ0n) is 28.4. The largest absolute Gasteiger partial charge is 0.481 e. The number of aliphatic carboxylic acids is 1. The van der Waals surface area contributed by atoms with Gasteiger partial charge in [-0.15, -0.1) is 11.3 Å². The fourth-order valence-electron chi connectivity index (χ4n) is 8.75. The average molecular weight is 741 g/mol. The summed E-state index contributed by atoms with van der Waals surface area (Å²) in [6.45, 7) is 0. The fraction of sp³-hybridized carbons (Fsp3) is 0.214. The van der Waals surface area contributed by atoms with Gasteiger partial charge in [0.1, 0.15) is 21.9 Å². The first-order valence-electron chi connectivity index (χ1n) is 17.7. The number of hydrogen-bond acceptors (Lipinski definition) is 7. The first-order chi connectivity index (χ1) is 25.9. The summed E-state index contributed by atoms with van der Waals surface area (Å²) in [5.74, 6) is -1.77. The normalized spacial score (nSPS) is 19.7. The number of carboxylic acids is 1. The van der Waals surface area contributed by atoms with Gasteiger partial charge in [-0.25, -0.2) is 24.3 Å². The minimum atomic E-state index is -0.965. The van der Waals surface area contributed by atoms with Gasteiger partial charge < -0.3 is 15.0 Å². The van der Waals surface area contributed by atoms with Gasteiger partial charge in [-0.3, -0.25) is 4.79 Å². The lowest BCUT2D eigenvalue weighted by Gasteiger charge is -2.47. The summed E-state index contributed by atoms with van der Waals surface area (Å²) in [7, 11) is 0. The Morgan fingerprint density at radius 2 is 1.43 bits per heavy atom. The second-order valence-corrected chi connectivity index (χ2v) is 15.2.